The first-order valence-electron chi connectivity index (χ1n) is 5.02. The molecular weight excluding hydrogens is 413 g/mol. The van der Waals surface area contributed by atoms with E-state index in [1.54, 1.807) is 12.0 Å². The van der Waals surface area contributed by atoms with Gasteiger partial charge in [-0.1, -0.05) is 0 Å². The van der Waals surface area contributed by atoms with Gasteiger partial charge < -0.3 is 0 Å². The Morgan fingerprint density at radius 1 is 1.44 bits per heavy atom. The fraction of sp³-hybridized carbons (Fsp3) is 0.727. The van der Waals surface area contributed by atoms with Gasteiger partial charge in [-0.05, 0) is 0 Å². The first-order chi connectivity index (χ1) is 6.99. The maximum absolute atomic E-state index is 12.1. The van der Waals surface area contributed by atoms with E-state index in [1.807, 2.05) is 34.1 Å². The molecule has 0 saturated carbocycles. The fourth-order valence-corrected chi connectivity index (χ4v) is 2.19. The predicted octanol–water partition coefficient (Wildman–Crippen LogP) is 1.28. The molecule has 2 unspecified atom stereocenters. The summed E-state index contributed by atoms with van der Waals surface area (Å²) in [7, 11) is 1.57. The number of carbonyl (C=O) groups is 1. The summed E-state index contributed by atoms with van der Waals surface area (Å²) >= 11 is 1.14. The molecule has 0 aromatic rings. The fourth-order valence-electron chi connectivity index (χ4n) is 1.27. The Morgan fingerprint density at radius 3 is 2.19 bits per heavy atom. The molecule has 3 nitrogen and oxygen atoms in total. The van der Waals surface area contributed by atoms with Gasteiger partial charge in [0.15, 0.2) is 0 Å². The molecule has 0 saturated heterocycles. The Hall–Kier alpha value is 0.573. The van der Waals surface area contributed by atoms with E-state index in [2.05, 4.69) is 4.52 Å². The number of hydrogen-bond acceptors (Lipinski definition) is 2. The van der Waals surface area contributed by atoms with Gasteiger partial charge in [0.1, 0.15) is 0 Å². The Bertz CT molecular complexity index is 224. The first kappa shape index (κ1) is 18.9. The van der Waals surface area contributed by atoms with E-state index in [0.717, 1.165) is 19.4 Å². The van der Waals surface area contributed by atoms with Crippen LogP contribution in [0.1, 0.15) is 27.7 Å². The second-order valence-electron chi connectivity index (χ2n) is 3.77. The maximum atomic E-state index is 12.1. The van der Waals surface area contributed by atoms with Crippen molar-refractivity contribution >= 4 is 10.4 Å². The van der Waals surface area contributed by atoms with Crippen LogP contribution >= 0.6 is 0 Å². The van der Waals surface area contributed by atoms with Gasteiger partial charge in [-0.3, -0.25) is 0 Å². The molecule has 1 amide bonds. The second kappa shape index (κ2) is 9.59. The number of amides is 1. The molecule has 0 heterocycles. The van der Waals surface area contributed by atoms with Crippen LogP contribution in [0.4, 0.5) is 0 Å². The van der Waals surface area contributed by atoms with Gasteiger partial charge >= 0.3 is 122 Å². The van der Waals surface area contributed by atoms with E-state index in [9.17, 15) is 4.79 Å². The summed E-state index contributed by atoms with van der Waals surface area (Å²) in [6.07, 6.45) is 1.60. The summed E-state index contributed by atoms with van der Waals surface area (Å²) < 4.78 is 8.19. The summed E-state index contributed by atoms with van der Waals surface area (Å²) in [5.74, 6) is 0.172. The summed E-state index contributed by atoms with van der Waals surface area (Å²) in [5.41, 5.74) is 0. The third-order valence-electron chi connectivity index (χ3n) is 2.33. The van der Waals surface area contributed by atoms with Crippen molar-refractivity contribution in [2.45, 2.75) is 39.8 Å². The number of ether oxygens (including phenoxy) is 1. The number of methoxy groups -OCH3 is 1. The molecule has 0 spiro atoms. The number of carbonyl (C=O) groups excluding carboxylic acids is 1. The normalized spacial score (nSPS) is 13.9. The van der Waals surface area contributed by atoms with E-state index in [0.29, 0.717) is 0 Å². The van der Waals surface area contributed by atoms with Crippen molar-refractivity contribution in [3.63, 3.8) is 0 Å². The molecule has 1 radical (unpaired) electrons. The van der Waals surface area contributed by atoms with Crippen LogP contribution in [0.2, 0.25) is 0 Å². The largest absolute Gasteiger partial charge is 2.00 e. The molecule has 2 atom stereocenters. The van der Waals surface area contributed by atoms with Crippen LogP contribution in [0.5, 0.6) is 0 Å². The Balaban J connectivity index is 0. The van der Waals surface area contributed by atoms with E-state index < -0.39 is 0 Å². The maximum Gasteiger partial charge on any atom is 2.00 e. The molecule has 0 fully saturated rings. The van der Waals surface area contributed by atoms with Gasteiger partial charge in [-0.2, -0.15) is 0 Å². The van der Waals surface area contributed by atoms with Crippen molar-refractivity contribution in [3.05, 3.63) is 6.42 Å². The zero-order valence-electron chi connectivity index (χ0n) is 10.4. The van der Waals surface area contributed by atoms with Crippen molar-refractivity contribution in [3.8, 4) is 0 Å². The Kier molecular flexibility index (Phi) is 11.3. The second-order valence-corrected chi connectivity index (χ2v) is 4.43. The molecule has 0 N–H and O–H groups in total. The van der Waals surface area contributed by atoms with Gasteiger partial charge in [0.2, 0.25) is 0 Å². The molecule has 16 heavy (non-hydrogen) atoms. The quantitative estimate of drug-likeness (QED) is 0.468. The molecule has 0 aliphatic rings. The minimum absolute atomic E-state index is 0. The van der Waals surface area contributed by atoms with Gasteiger partial charge in [0.05, 0.1) is 0 Å². The average molecular weight is 432 g/mol. The van der Waals surface area contributed by atoms with Crippen LogP contribution in [0.15, 0.2) is 0 Å². The van der Waals surface area contributed by atoms with E-state index in [-0.39, 0.29) is 42.5 Å². The standard InChI is InChI=1S/C11H19NO2.V.W/c1-7-9(4)12(5)11(13)10(14-6)8(2)3;;/h7-10H,1-4,6H3;;/q-2;+2;. The topological polar surface area (TPSA) is 29.5 Å². The first-order valence-corrected chi connectivity index (χ1v) is 6.49. The molecule has 0 aliphatic carbocycles. The molecule has 0 rings (SSSR count). The number of nitrogens with zero attached hydrogens (tertiary/aromatic N) is 1. The molecule has 5 heteroatoms. The van der Waals surface area contributed by atoms with Crippen molar-refractivity contribution in [2.75, 3.05) is 7.11 Å². The summed E-state index contributed by atoms with van der Waals surface area (Å²) in [5, 5.41) is 0. The zero-order chi connectivity index (χ0) is 12.0. The number of rotatable bonds is 6. The van der Waals surface area contributed by atoms with Gasteiger partial charge in [0.25, 0.3) is 0 Å². The van der Waals surface area contributed by atoms with Crippen molar-refractivity contribution in [1.82, 2.24) is 4.90 Å². The van der Waals surface area contributed by atoms with Crippen molar-refractivity contribution < 1.29 is 47.4 Å². The van der Waals surface area contributed by atoms with Crippen LogP contribution in [0.25, 0.3) is 0 Å². The van der Waals surface area contributed by atoms with Crippen molar-refractivity contribution in [2.24, 2.45) is 5.92 Å². The van der Waals surface area contributed by atoms with Crippen LogP contribution in [-0.4, -0.2) is 34.6 Å². The molecule has 0 aliphatic heterocycles. The SMILES string of the molecule is C[CH-]C(C)N([C-]=[W])C(=O)C(OC)C(C)C.[V+2]. The summed E-state index contributed by atoms with van der Waals surface area (Å²) in [6, 6.07) is 0.0754. The van der Waals surface area contributed by atoms with Gasteiger partial charge in [-0.15, -0.1) is 0 Å². The monoisotopic (exact) mass is 432 g/mol. The Labute approximate surface area is 122 Å². The summed E-state index contributed by atoms with van der Waals surface area (Å²) in [4.78, 5) is 13.7. The molecule has 0 bridgehead atoms. The molecule has 0 aromatic carbocycles. The summed E-state index contributed by atoms with van der Waals surface area (Å²) in [6.45, 7) is 7.87. The van der Waals surface area contributed by atoms with Crippen LogP contribution in [0, 0.1) is 12.3 Å². The third-order valence-corrected chi connectivity index (χ3v) is 3.03. The Morgan fingerprint density at radius 2 is 1.94 bits per heavy atom. The van der Waals surface area contributed by atoms with Gasteiger partial charge in [-0.25, -0.2) is 0 Å². The molecular formula is C11H19NO2VW. The van der Waals surface area contributed by atoms with Gasteiger partial charge in [0, 0.05) is 0 Å². The smallest absolute Gasteiger partial charge is 2.00 e. The van der Waals surface area contributed by atoms with E-state index >= 15 is 0 Å². The minimum Gasteiger partial charge on any atom is 2.00 e. The minimum atomic E-state index is -0.376. The van der Waals surface area contributed by atoms with Crippen LogP contribution < -0.4 is 0 Å². The third kappa shape index (κ3) is 5.27. The van der Waals surface area contributed by atoms with E-state index in [4.69, 9.17) is 4.74 Å². The predicted molar refractivity (Wildman–Crippen MR) is 56.9 cm³/mol. The molecule has 91 valence electrons. The number of hydrogen-bond donors (Lipinski definition) is 0. The average Bonchev–Trinajstić information content (AvgIpc) is 2.19. The molecule has 0 aromatic heterocycles. The van der Waals surface area contributed by atoms with E-state index in [1.165, 1.54) is 0 Å². The van der Waals surface area contributed by atoms with Crippen molar-refractivity contribution in [1.29, 1.82) is 0 Å². The van der Waals surface area contributed by atoms with Crippen LogP contribution in [0.3, 0.4) is 0 Å². The zero-order valence-corrected chi connectivity index (χ0v) is 14.8. The van der Waals surface area contributed by atoms with Crippen LogP contribution in [-0.2, 0) is 47.4 Å².